The quantitative estimate of drug-likeness (QED) is 0.723. The first-order valence-corrected chi connectivity index (χ1v) is 6.17. The number of nitrogens with one attached hydrogen (secondary N) is 1. The maximum Gasteiger partial charge on any atom is 0.153 e. The van der Waals surface area contributed by atoms with Gasteiger partial charge in [-0.05, 0) is 6.07 Å². The lowest BCUT2D eigenvalue weighted by molar-refractivity contribution is 0.505. The molecular formula is C8H11N3O2S. The minimum absolute atomic E-state index is 0.0730. The van der Waals surface area contributed by atoms with E-state index in [0.717, 1.165) is 0 Å². The van der Waals surface area contributed by atoms with Gasteiger partial charge in [0.2, 0.25) is 0 Å². The third-order valence-electron chi connectivity index (χ3n) is 2.08. The van der Waals surface area contributed by atoms with Crippen molar-refractivity contribution in [3.05, 3.63) is 24.3 Å². The summed E-state index contributed by atoms with van der Waals surface area (Å²) in [6.45, 7) is 0.529. The van der Waals surface area contributed by atoms with Gasteiger partial charge in [0.1, 0.15) is 5.82 Å². The molecule has 0 aromatic carbocycles. The Morgan fingerprint density at radius 2 is 2.00 bits per heavy atom. The van der Waals surface area contributed by atoms with Crippen molar-refractivity contribution in [3.63, 3.8) is 0 Å². The van der Waals surface area contributed by atoms with Crippen LogP contribution >= 0.6 is 0 Å². The Bertz CT molecular complexity index is 392. The number of rotatable bonds is 3. The van der Waals surface area contributed by atoms with Crippen LogP contribution in [0, 0.1) is 0 Å². The Morgan fingerprint density at radius 1 is 1.36 bits per heavy atom. The lowest BCUT2D eigenvalue weighted by atomic mass is 10.3. The average Bonchev–Trinajstić information content (AvgIpc) is 2.13. The van der Waals surface area contributed by atoms with Crippen LogP contribution in [-0.4, -0.2) is 35.9 Å². The van der Waals surface area contributed by atoms with Gasteiger partial charge in [-0.2, -0.15) is 0 Å². The molecule has 1 saturated heterocycles. The fourth-order valence-corrected chi connectivity index (χ4v) is 2.70. The van der Waals surface area contributed by atoms with Crippen molar-refractivity contribution >= 4 is 9.84 Å². The van der Waals surface area contributed by atoms with Crippen molar-refractivity contribution < 1.29 is 8.42 Å². The molecule has 14 heavy (non-hydrogen) atoms. The van der Waals surface area contributed by atoms with E-state index in [2.05, 4.69) is 15.3 Å². The molecular weight excluding hydrogens is 202 g/mol. The molecule has 0 bridgehead atoms. The highest BCUT2D eigenvalue weighted by Crippen LogP contribution is 2.10. The van der Waals surface area contributed by atoms with Gasteiger partial charge in [-0.1, -0.05) is 0 Å². The van der Waals surface area contributed by atoms with Gasteiger partial charge >= 0.3 is 0 Å². The number of hydrogen-bond donors (Lipinski definition) is 1. The van der Waals surface area contributed by atoms with Crippen molar-refractivity contribution in [1.82, 2.24) is 15.3 Å². The summed E-state index contributed by atoms with van der Waals surface area (Å²) in [6, 6.07) is 1.82. The molecule has 0 saturated carbocycles. The number of aromatic nitrogens is 2. The van der Waals surface area contributed by atoms with Crippen molar-refractivity contribution in [2.45, 2.75) is 12.6 Å². The van der Waals surface area contributed by atoms with Crippen molar-refractivity contribution in [2.75, 3.05) is 11.5 Å². The summed E-state index contributed by atoms with van der Waals surface area (Å²) >= 11 is 0. The van der Waals surface area contributed by atoms with Gasteiger partial charge in [0.15, 0.2) is 9.84 Å². The Labute approximate surface area is 82.5 Å². The number of sulfone groups is 1. The van der Waals surface area contributed by atoms with Gasteiger partial charge in [-0.3, -0.25) is 0 Å². The molecule has 0 radical (unpaired) electrons. The molecule has 1 fully saturated rings. The zero-order chi connectivity index (χ0) is 10.0. The molecule has 1 aromatic heterocycles. The highest BCUT2D eigenvalue weighted by atomic mass is 32.2. The van der Waals surface area contributed by atoms with Crippen molar-refractivity contribution in [2.24, 2.45) is 0 Å². The van der Waals surface area contributed by atoms with Gasteiger partial charge in [0.05, 0.1) is 18.1 Å². The Kier molecular flexibility index (Phi) is 2.47. The van der Waals surface area contributed by atoms with Crippen LogP contribution in [-0.2, 0) is 16.4 Å². The summed E-state index contributed by atoms with van der Waals surface area (Å²) in [6.07, 6.45) is 3.34. The van der Waals surface area contributed by atoms with Gasteiger partial charge in [0, 0.05) is 18.4 Å². The molecule has 5 nitrogen and oxygen atoms in total. The summed E-state index contributed by atoms with van der Waals surface area (Å²) in [5.41, 5.74) is 0. The Hall–Kier alpha value is -1.01. The normalized spacial score (nSPS) is 20.3. The third-order valence-corrected chi connectivity index (χ3v) is 3.90. The van der Waals surface area contributed by atoms with Gasteiger partial charge < -0.3 is 5.32 Å². The molecule has 6 heteroatoms. The molecule has 0 atom stereocenters. The Balaban J connectivity index is 1.80. The van der Waals surface area contributed by atoms with Gasteiger partial charge in [0.25, 0.3) is 0 Å². The van der Waals surface area contributed by atoms with Crippen LogP contribution in [0.2, 0.25) is 0 Å². The van der Waals surface area contributed by atoms with E-state index in [9.17, 15) is 8.42 Å². The van der Waals surface area contributed by atoms with E-state index >= 15 is 0 Å². The first-order valence-electron chi connectivity index (χ1n) is 4.35. The summed E-state index contributed by atoms with van der Waals surface area (Å²) in [5.74, 6) is 1.16. The van der Waals surface area contributed by atoms with E-state index < -0.39 is 9.84 Å². The molecule has 2 heterocycles. The molecule has 1 aromatic rings. The van der Waals surface area contributed by atoms with Crippen molar-refractivity contribution in [1.29, 1.82) is 0 Å². The fourth-order valence-electron chi connectivity index (χ4n) is 1.34. The van der Waals surface area contributed by atoms with Crippen LogP contribution in [0.25, 0.3) is 0 Å². The monoisotopic (exact) mass is 213 g/mol. The van der Waals surface area contributed by atoms with E-state index in [4.69, 9.17) is 0 Å². The van der Waals surface area contributed by atoms with Crippen LogP contribution in [0.3, 0.4) is 0 Å². The van der Waals surface area contributed by atoms with E-state index in [1.54, 1.807) is 18.5 Å². The van der Waals surface area contributed by atoms with Crippen LogP contribution in [0.15, 0.2) is 18.5 Å². The minimum atomic E-state index is -2.74. The first-order chi connectivity index (χ1) is 6.66. The largest absolute Gasteiger partial charge is 0.305 e. The third kappa shape index (κ3) is 2.27. The molecule has 1 aliphatic rings. The predicted molar refractivity (Wildman–Crippen MR) is 51.3 cm³/mol. The van der Waals surface area contributed by atoms with Gasteiger partial charge in [-0.25, -0.2) is 18.4 Å². The van der Waals surface area contributed by atoms with E-state index in [1.807, 2.05) is 0 Å². The molecule has 0 spiro atoms. The number of hydrogen-bond acceptors (Lipinski definition) is 5. The summed E-state index contributed by atoms with van der Waals surface area (Å²) < 4.78 is 21.7. The first kappa shape index (κ1) is 9.54. The molecule has 0 unspecified atom stereocenters. The molecule has 2 rings (SSSR count). The second kappa shape index (κ2) is 3.62. The average molecular weight is 213 g/mol. The summed E-state index contributed by atoms with van der Waals surface area (Å²) in [4.78, 5) is 8.04. The van der Waals surface area contributed by atoms with E-state index in [0.29, 0.717) is 12.4 Å². The summed E-state index contributed by atoms with van der Waals surface area (Å²) in [7, 11) is -2.74. The molecule has 0 amide bonds. The highest BCUT2D eigenvalue weighted by molar-refractivity contribution is 7.92. The highest BCUT2D eigenvalue weighted by Gasteiger charge is 2.32. The number of nitrogens with zero attached hydrogens (tertiary/aromatic N) is 2. The van der Waals surface area contributed by atoms with Crippen LogP contribution in [0.5, 0.6) is 0 Å². The standard InChI is InChI=1S/C8H11N3O2S/c12-14(13)5-7(6-14)11-4-8-9-2-1-3-10-8/h1-3,7,11H,4-6H2. The predicted octanol–water partition coefficient (Wildman–Crippen LogP) is -0.637. The SMILES string of the molecule is O=S1(=O)CC(NCc2ncccn2)C1. The van der Waals surface area contributed by atoms with Crippen LogP contribution < -0.4 is 5.32 Å². The zero-order valence-electron chi connectivity index (χ0n) is 7.55. The molecule has 76 valence electrons. The Morgan fingerprint density at radius 3 is 2.57 bits per heavy atom. The maximum absolute atomic E-state index is 10.8. The van der Waals surface area contributed by atoms with Crippen LogP contribution in [0.4, 0.5) is 0 Å². The van der Waals surface area contributed by atoms with E-state index in [-0.39, 0.29) is 17.5 Å². The maximum atomic E-state index is 10.8. The van der Waals surface area contributed by atoms with Crippen LogP contribution in [0.1, 0.15) is 5.82 Å². The summed E-state index contributed by atoms with van der Waals surface area (Å²) in [5, 5.41) is 3.09. The van der Waals surface area contributed by atoms with E-state index in [1.165, 1.54) is 0 Å². The van der Waals surface area contributed by atoms with Crippen molar-refractivity contribution in [3.8, 4) is 0 Å². The second-order valence-electron chi connectivity index (χ2n) is 3.32. The smallest absolute Gasteiger partial charge is 0.153 e. The molecule has 0 aliphatic carbocycles. The lowest BCUT2D eigenvalue weighted by Crippen LogP contribution is -2.50. The lowest BCUT2D eigenvalue weighted by Gasteiger charge is -2.26. The van der Waals surface area contributed by atoms with Gasteiger partial charge in [-0.15, -0.1) is 0 Å². The molecule has 1 N–H and O–H groups in total. The topological polar surface area (TPSA) is 72.0 Å². The zero-order valence-corrected chi connectivity index (χ0v) is 8.37. The fraction of sp³-hybridized carbons (Fsp3) is 0.500. The second-order valence-corrected chi connectivity index (χ2v) is 5.47. The minimum Gasteiger partial charge on any atom is -0.305 e. The molecule has 1 aliphatic heterocycles.